The Hall–Kier alpha value is -4.57. The van der Waals surface area contributed by atoms with E-state index in [1.807, 2.05) is 59.7 Å². The first-order valence-electron chi connectivity index (χ1n) is 15.1. The molecule has 45 heavy (non-hydrogen) atoms. The zero-order chi connectivity index (χ0) is 32.3. The number of nitrogens with zero attached hydrogens (tertiary/aromatic N) is 6. The highest BCUT2D eigenvalue weighted by molar-refractivity contribution is 6.34. The number of benzene rings is 1. The summed E-state index contributed by atoms with van der Waals surface area (Å²) in [6, 6.07) is 7.10. The normalized spacial score (nSPS) is 14.5. The van der Waals surface area contributed by atoms with Crippen molar-refractivity contribution in [2.75, 3.05) is 13.1 Å². The first kappa shape index (κ1) is 30.5. The molecule has 10 nitrogen and oxygen atoms in total. The smallest absolute Gasteiger partial charge is 0.322 e. The first-order valence-corrected chi connectivity index (χ1v) is 15.5. The molecule has 232 valence electrons. The predicted molar refractivity (Wildman–Crippen MR) is 177 cm³/mol. The number of likely N-dealkylation sites (tertiary alicyclic amines) is 1. The summed E-state index contributed by atoms with van der Waals surface area (Å²) in [5.74, 6) is -0.298. The molecule has 0 saturated carbocycles. The number of carbonyl (C=O) groups excluding carboxylic acids is 1. The van der Waals surface area contributed by atoms with E-state index in [0.29, 0.717) is 46.4 Å². The van der Waals surface area contributed by atoms with Gasteiger partial charge in [-0.1, -0.05) is 51.9 Å². The molecule has 5 aromatic rings. The fourth-order valence-electron chi connectivity index (χ4n) is 6.71. The van der Waals surface area contributed by atoms with Gasteiger partial charge in [0.05, 0.1) is 39.3 Å². The van der Waals surface area contributed by atoms with Crippen LogP contribution in [0.25, 0.3) is 39.0 Å². The molecular weight excluding hydrogens is 590 g/mol. The van der Waals surface area contributed by atoms with Gasteiger partial charge in [0.2, 0.25) is 5.91 Å². The second kappa shape index (κ2) is 11.4. The SMILES string of the molecule is C=CC(=O)N1CC(C(C(C)C)n2c(=O)c(=O)n(-c3c(C)ccnc3C(C)C)c3nc(-c4c(C)ccc5[nH]ncc45)c(Cl)cc32)C1. The van der Waals surface area contributed by atoms with Gasteiger partial charge in [0.25, 0.3) is 0 Å². The van der Waals surface area contributed by atoms with Crippen molar-refractivity contribution < 1.29 is 4.79 Å². The Bertz CT molecular complexity index is 2120. The first-order chi connectivity index (χ1) is 21.4. The Kier molecular flexibility index (Phi) is 7.72. The van der Waals surface area contributed by atoms with Gasteiger partial charge in [0.15, 0.2) is 5.65 Å². The molecule has 0 spiro atoms. The van der Waals surface area contributed by atoms with Crippen LogP contribution in [0.4, 0.5) is 0 Å². The maximum absolute atomic E-state index is 14.4. The third kappa shape index (κ3) is 4.88. The number of aryl methyl sites for hydroxylation is 2. The lowest BCUT2D eigenvalue weighted by atomic mass is 9.84. The summed E-state index contributed by atoms with van der Waals surface area (Å²) in [4.78, 5) is 52.5. The van der Waals surface area contributed by atoms with E-state index in [9.17, 15) is 14.4 Å². The van der Waals surface area contributed by atoms with Gasteiger partial charge in [-0.2, -0.15) is 5.10 Å². The zero-order valence-corrected chi connectivity index (χ0v) is 27.0. The van der Waals surface area contributed by atoms with Gasteiger partial charge in [-0.15, -0.1) is 0 Å². The van der Waals surface area contributed by atoms with Crippen LogP contribution in [0.5, 0.6) is 0 Å². The van der Waals surface area contributed by atoms with Gasteiger partial charge < -0.3 is 4.90 Å². The maximum atomic E-state index is 14.4. The van der Waals surface area contributed by atoms with E-state index in [2.05, 4.69) is 21.8 Å². The average molecular weight is 626 g/mol. The summed E-state index contributed by atoms with van der Waals surface area (Å²) in [6.07, 6.45) is 4.74. The number of H-pyrrole nitrogens is 1. The summed E-state index contributed by atoms with van der Waals surface area (Å²) in [5, 5.41) is 8.42. The monoisotopic (exact) mass is 625 g/mol. The third-order valence-corrected chi connectivity index (χ3v) is 9.16. The molecule has 1 N–H and O–H groups in total. The number of nitrogens with one attached hydrogen (secondary N) is 1. The lowest BCUT2D eigenvalue weighted by Gasteiger charge is -2.45. The van der Waals surface area contributed by atoms with Gasteiger partial charge in [-0.25, -0.2) is 4.98 Å². The van der Waals surface area contributed by atoms with Crippen LogP contribution in [-0.4, -0.2) is 53.2 Å². The van der Waals surface area contributed by atoms with Crippen LogP contribution in [0.3, 0.4) is 0 Å². The highest BCUT2D eigenvalue weighted by Gasteiger charge is 2.40. The van der Waals surface area contributed by atoms with E-state index >= 15 is 0 Å². The fourth-order valence-corrected chi connectivity index (χ4v) is 6.95. The summed E-state index contributed by atoms with van der Waals surface area (Å²) in [6.45, 7) is 16.4. The Morgan fingerprint density at radius 3 is 2.49 bits per heavy atom. The van der Waals surface area contributed by atoms with E-state index in [4.69, 9.17) is 16.6 Å². The predicted octanol–water partition coefficient (Wildman–Crippen LogP) is 5.72. The Labute approximate surface area is 265 Å². The van der Waals surface area contributed by atoms with Crippen molar-refractivity contribution in [3.8, 4) is 16.9 Å². The van der Waals surface area contributed by atoms with Crippen molar-refractivity contribution in [1.82, 2.24) is 34.2 Å². The number of fused-ring (bicyclic) bond motifs is 2. The van der Waals surface area contributed by atoms with Gasteiger partial charge in [0, 0.05) is 42.2 Å². The van der Waals surface area contributed by atoms with Crippen LogP contribution in [0.2, 0.25) is 5.02 Å². The number of carbonyl (C=O) groups is 1. The number of pyridine rings is 2. The van der Waals surface area contributed by atoms with Gasteiger partial charge >= 0.3 is 11.1 Å². The number of hydrogen-bond acceptors (Lipinski definition) is 6. The molecule has 1 aliphatic heterocycles. The maximum Gasteiger partial charge on any atom is 0.322 e. The molecule has 1 saturated heterocycles. The highest BCUT2D eigenvalue weighted by Crippen LogP contribution is 2.39. The second-order valence-corrected chi connectivity index (χ2v) is 12.9. The lowest BCUT2D eigenvalue weighted by Crippen LogP contribution is -2.55. The van der Waals surface area contributed by atoms with Crippen molar-refractivity contribution in [1.29, 1.82) is 0 Å². The molecule has 1 fully saturated rings. The van der Waals surface area contributed by atoms with E-state index in [1.165, 1.54) is 10.6 Å². The third-order valence-electron chi connectivity index (χ3n) is 8.87. The molecule has 0 radical (unpaired) electrons. The molecule has 1 aliphatic rings. The molecule has 4 aromatic heterocycles. The molecule has 5 heterocycles. The minimum Gasteiger partial charge on any atom is -0.338 e. The minimum absolute atomic E-state index is 0.0373. The van der Waals surface area contributed by atoms with Crippen LogP contribution in [0, 0.1) is 25.7 Å². The number of rotatable bonds is 7. The van der Waals surface area contributed by atoms with Crippen molar-refractivity contribution in [3.05, 3.63) is 91.9 Å². The number of amides is 1. The molecule has 1 atom stereocenters. The minimum atomic E-state index is -0.719. The number of hydrogen-bond donors (Lipinski definition) is 1. The van der Waals surface area contributed by atoms with Crippen LogP contribution in [0.1, 0.15) is 56.5 Å². The molecule has 6 rings (SSSR count). The molecular formula is C34H36ClN7O3. The highest BCUT2D eigenvalue weighted by atomic mass is 35.5. The largest absolute Gasteiger partial charge is 0.338 e. The van der Waals surface area contributed by atoms with Crippen molar-refractivity contribution in [3.63, 3.8) is 0 Å². The molecule has 1 aromatic carbocycles. The summed E-state index contributed by atoms with van der Waals surface area (Å²) < 4.78 is 2.98. The van der Waals surface area contributed by atoms with Crippen LogP contribution < -0.4 is 11.1 Å². The number of halogens is 1. The number of aromatic amines is 1. The molecule has 1 unspecified atom stereocenters. The topological polar surface area (TPSA) is 119 Å². The van der Waals surface area contributed by atoms with Gasteiger partial charge in [-0.3, -0.25) is 33.6 Å². The van der Waals surface area contributed by atoms with Gasteiger partial charge in [-0.05, 0) is 61.1 Å². The van der Waals surface area contributed by atoms with Gasteiger partial charge in [0.1, 0.15) is 0 Å². The van der Waals surface area contributed by atoms with Crippen LogP contribution in [0.15, 0.2) is 58.9 Å². The number of aromatic nitrogens is 6. The van der Waals surface area contributed by atoms with Crippen molar-refractivity contribution in [2.24, 2.45) is 11.8 Å². The summed E-state index contributed by atoms with van der Waals surface area (Å²) >= 11 is 7.08. The Morgan fingerprint density at radius 2 is 1.82 bits per heavy atom. The molecule has 0 bridgehead atoms. The van der Waals surface area contributed by atoms with E-state index in [1.54, 1.807) is 27.9 Å². The lowest BCUT2D eigenvalue weighted by molar-refractivity contribution is -0.133. The molecule has 1 amide bonds. The van der Waals surface area contributed by atoms with E-state index in [0.717, 1.165) is 27.6 Å². The summed E-state index contributed by atoms with van der Waals surface area (Å²) in [5.41, 5.74) is 4.39. The zero-order valence-electron chi connectivity index (χ0n) is 26.3. The molecule has 0 aliphatic carbocycles. The van der Waals surface area contributed by atoms with Crippen molar-refractivity contribution >= 4 is 39.6 Å². The van der Waals surface area contributed by atoms with E-state index in [-0.39, 0.29) is 23.7 Å². The molecule has 11 heteroatoms. The fraction of sp³-hybridized carbons (Fsp3) is 0.353. The quantitative estimate of drug-likeness (QED) is 0.183. The summed E-state index contributed by atoms with van der Waals surface area (Å²) in [7, 11) is 0. The van der Waals surface area contributed by atoms with Crippen molar-refractivity contribution in [2.45, 2.75) is 53.5 Å². The standard InChI is InChI=1S/C34H36ClN7O3/c1-8-26(43)40-15-21(16-40)30(18(4)5)41-25-13-23(35)29(27-19(6)9-10-24-22(27)14-37-39-24)38-32(25)42(34(45)33(41)44)31-20(7)11-12-36-28(31)17(2)3/h8-14,17-18,21,30H,1,15-16H2,2-7H3,(H,37,39). The van der Waals surface area contributed by atoms with Crippen LogP contribution >= 0.6 is 11.6 Å². The Morgan fingerprint density at radius 1 is 1.09 bits per heavy atom. The average Bonchev–Trinajstić information content (AvgIpc) is 3.45. The Balaban J connectivity index is 1.73. The van der Waals surface area contributed by atoms with E-state index < -0.39 is 17.2 Å². The van der Waals surface area contributed by atoms with Crippen LogP contribution in [-0.2, 0) is 4.79 Å². The second-order valence-electron chi connectivity index (χ2n) is 12.5.